The fourth-order valence-electron chi connectivity index (χ4n) is 4.75. The molecule has 0 aromatic rings. The summed E-state index contributed by atoms with van der Waals surface area (Å²) in [6, 6.07) is 0.320. The first-order valence-corrected chi connectivity index (χ1v) is 15.4. The zero-order chi connectivity index (χ0) is 25.1. The third kappa shape index (κ3) is 23.3. The Morgan fingerprint density at radius 3 is 1.86 bits per heavy atom. The van der Waals surface area contributed by atoms with Gasteiger partial charge in [-0.1, -0.05) is 83.3 Å². The molecule has 1 unspecified atom stereocenters. The van der Waals surface area contributed by atoms with Crippen LogP contribution in [0.25, 0.3) is 0 Å². The fraction of sp³-hybridized carbons (Fsp3) is 0.900. The minimum Gasteiger partial charge on any atom is -0.356 e. The molecule has 1 heterocycles. The maximum Gasteiger partial charge on any atom is 0.221 e. The Balaban J connectivity index is 2.07. The van der Waals surface area contributed by atoms with Gasteiger partial charge in [0.1, 0.15) is 0 Å². The fourth-order valence-corrected chi connectivity index (χ4v) is 4.75. The lowest BCUT2D eigenvalue weighted by Gasteiger charge is -2.19. The van der Waals surface area contributed by atoms with E-state index in [1.807, 2.05) is 0 Å². The van der Waals surface area contributed by atoms with E-state index in [4.69, 9.17) is 0 Å². The van der Waals surface area contributed by atoms with E-state index < -0.39 is 0 Å². The van der Waals surface area contributed by atoms with Crippen LogP contribution in [0.1, 0.15) is 129 Å². The lowest BCUT2D eigenvalue weighted by molar-refractivity contribution is -0.121. The minimum absolute atomic E-state index is 0.210. The molecular formula is C30H60N4O. The summed E-state index contributed by atoms with van der Waals surface area (Å²) in [6.07, 6.45) is 28.4. The van der Waals surface area contributed by atoms with Crippen molar-refractivity contribution in [2.45, 2.75) is 135 Å². The number of unbranched alkanes of at least 4 members (excludes halogenated alkanes) is 11. The molecule has 0 saturated carbocycles. The molecule has 1 atom stereocenters. The van der Waals surface area contributed by atoms with E-state index in [9.17, 15) is 4.79 Å². The van der Waals surface area contributed by atoms with Crippen LogP contribution in [0.2, 0.25) is 0 Å². The van der Waals surface area contributed by atoms with Crippen LogP contribution in [0.15, 0.2) is 12.2 Å². The van der Waals surface area contributed by atoms with Crippen molar-refractivity contribution >= 4 is 5.91 Å². The number of nitrogens with one attached hydrogen (secondary N) is 4. The average Bonchev–Trinajstić information content (AvgIpc) is 2.86. The quantitative estimate of drug-likeness (QED) is 0.161. The van der Waals surface area contributed by atoms with Crippen LogP contribution in [0.5, 0.6) is 0 Å². The molecule has 0 aromatic carbocycles. The Hall–Kier alpha value is -0.910. The lowest BCUT2D eigenvalue weighted by Crippen LogP contribution is -2.37. The summed E-state index contributed by atoms with van der Waals surface area (Å²) < 4.78 is 0. The molecule has 1 aliphatic rings. The summed E-state index contributed by atoms with van der Waals surface area (Å²) >= 11 is 0. The Morgan fingerprint density at radius 1 is 0.657 bits per heavy atom. The van der Waals surface area contributed by atoms with Crippen molar-refractivity contribution in [2.75, 3.05) is 39.3 Å². The van der Waals surface area contributed by atoms with E-state index >= 15 is 0 Å². The zero-order valence-electron chi connectivity index (χ0n) is 23.3. The second kappa shape index (κ2) is 26.2. The second-order valence-electron chi connectivity index (χ2n) is 10.5. The molecule has 0 spiro atoms. The standard InChI is InChI=1S/C30H60N4O/c1-2-3-4-5-6-7-8-9-10-11-12-13-14-15-16-21-29-28-30(35)34-27-20-25-32-23-18-17-22-31-24-19-26-33-29/h4-5,29,31-33H,2-3,6-28H2,1H3,(H,34,35)/b5-4+. The number of carbonyl (C=O) groups excluding carboxylic acids is 1. The molecule has 1 amide bonds. The van der Waals surface area contributed by atoms with Crippen LogP contribution in [-0.4, -0.2) is 51.2 Å². The van der Waals surface area contributed by atoms with Crippen LogP contribution in [0.4, 0.5) is 0 Å². The van der Waals surface area contributed by atoms with Gasteiger partial charge in [-0.25, -0.2) is 0 Å². The maximum atomic E-state index is 12.4. The molecule has 5 heteroatoms. The van der Waals surface area contributed by atoms with Gasteiger partial charge in [0.15, 0.2) is 0 Å². The third-order valence-electron chi connectivity index (χ3n) is 7.00. The van der Waals surface area contributed by atoms with Crippen molar-refractivity contribution in [1.82, 2.24) is 21.3 Å². The normalized spacial score (nSPS) is 20.0. The van der Waals surface area contributed by atoms with Gasteiger partial charge in [-0.05, 0) is 84.1 Å². The number of rotatable bonds is 15. The first kappa shape index (κ1) is 32.1. The van der Waals surface area contributed by atoms with Crippen LogP contribution >= 0.6 is 0 Å². The second-order valence-corrected chi connectivity index (χ2v) is 10.5. The van der Waals surface area contributed by atoms with Crippen molar-refractivity contribution in [3.63, 3.8) is 0 Å². The predicted octanol–water partition coefficient (Wildman–Crippen LogP) is 6.24. The summed E-state index contributed by atoms with van der Waals surface area (Å²) in [6.45, 7) is 8.28. The van der Waals surface area contributed by atoms with E-state index in [0.717, 1.165) is 58.5 Å². The van der Waals surface area contributed by atoms with E-state index in [2.05, 4.69) is 40.3 Å². The lowest BCUT2D eigenvalue weighted by atomic mass is 10.0. The molecule has 0 radical (unpaired) electrons. The molecule has 1 saturated heterocycles. The van der Waals surface area contributed by atoms with Crippen molar-refractivity contribution in [3.8, 4) is 0 Å². The molecule has 1 fully saturated rings. The van der Waals surface area contributed by atoms with Gasteiger partial charge < -0.3 is 21.3 Å². The minimum atomic E-state index is 0.210. The van der Waals surface area contributed by atoms with Gasteiger partial charge >= 0.3 is 0 Å². The Bertz CT molecular complexity index is 483. The maximum absolute atomic E-state index is 12.4. The molecule has 0 bridgehead atoms. The summed E-state index contributed by atoms with van der Waals surface area (Å²) in [5.74, 6) is 0.210. The smallest absolute Gasteiger partial charge is 0.221 e. The Morgan fingerprint density at radius 2 is 1.20 bits per heavy atom. The van der Waals surface area contributed by atoms with E-state index in [1.54, 1.807) is 0 Å². The van der Waals surface area contributed by atoms with E-state index in [-0.39, 0.29) is 5.91 Å². The third-order valence-corrected chi connectivity index (χ3v) is 7.00. The van der Waals surface area contributed by atoms with Gasteiger partial charge in [0, 0.05) is 19.0 Å². The largest absolute Gasteiger partial charge is 0.356 e. The zero-order valence-corrected chi connectivity index (χ0v) is 23.3. The summed E-state index contributed by atoms with van der Waals surface area (Å²) in [5, 5.41) is 13.8. The van der Waals surface area contributed by atoms with Gasteiger partial charge in [-0.3, -0.25) is 4.79 Å². The molecule has 4 N–H and O–H groups in total. The Kier molecular flexibility index (Phi) is 24.0. The van der Waals surface area contributed by atoms with Crippen molar-refractivity contribution in [2.24, 2.45) is 0 Å². The highest BCUT2D eigenvalue weighted by molar-refractivity contribution is 5.76. The molecule has 5 nitrogen and oxygen atoms in total. The molecule has 1 aliphatic heterocycles. The highest BCUT2D eigenvalue weighted by Gasteiger charge is 2.13. The topological polar surface area (TPSA) is 65.2 Å². The molecule has 206 valence electrons. The summed E-state index contributed by atoms with van der Waals surface area (Å²) in [7, 11) is 0. The van der Waals surface area contributed by atoms with Crippen molar-refractivity contribution in [1.29, 1.82) is 0 Å². The summed E-state index contributed by atoms with van der Waals surface area (Å²) in [4.78, 5) is 12.4. The van der Waals surface area contributed by atoms with Gasteiger partial charge in [0.2, 0.25) is 5.91 Å². The van der Waals surface area contributed by atoms with Gasteiger partial charge in [-0.2, -0.15) is 0 Å². The van der Waals surface area contributed by atoms with Crippen LogP contribution in [0, 0.1) is 0 Å². The van der Waals surface area contributed by atoms with E-state index in [0.29, 0.717) is 12.5 Å². The van der Waals surface area contributed by atoms with Gasteiger partial charge in [-0.15, -0.1) is 0 Å². The van der Waals surface area contributed by atoms with Crippen LogP contribution in [0.3, 0.4) is 0 Å². The monoisotopic (exact) mass is 492 g/mol. The number of allylic oxidation sites excluding steroid dienone is 2. The number of hydrogen-bond acceptors (Lipinski definition) is 4. The van der Waals surface area contributed by atoms with Crippen LogP contribution in [-0.2, 0) is 4.79 Å². The van der Waals surface area contributed by atoms with Gasteiger partial charge in [0.25, 0.3) is 0 Å². The predicted molar refractivity (Wildman–Crippen MR) is 153 cm³/mol. The van der Waals surface area contributed by atoms with E-state index in [1.165, 1.54) is 96.3 Å². The molecule has 0 aliphatic carbocycles. The highest BCUT2D eigenvalue weighted by atomic mass is 16.1. The molecule has 35 heavy (non-hydrogen) atoms. The molecular weight excluding hydrogens is 432 g/mol. The van der Waals surface area contributed by atoms with Gasteiger partial charge in [0.05, 0.1) is 0 Å². The SMILES string of the molecule is CCC/C=C/CCCCCCCCCCCCC1CC(=O)NCCCNCCCCNCCCN1. The first-order chi connectivity index (χ1) is 17.3. The van der Waals surface area contributed by atoms with Crippen LogP contribution < -0.4 is 21.3 Å². The molecule has 0 aromatic heterocycles. The molecule has 1 rings (SSSR count). The highest BCUT2D eigenvalue weighted by Crippen LogP contribution is 2.13. The van der Waals surface area contributed by atoms with Crippen molar-refractivity contribution < 1.29 is 4.79 Å². The first-order valence-electron chi connectivity index (χ1n) is 15.4. The number of carbonyl (C=O) groups is 1. The summed E-state index contributed by atoms with van der Waals surface area (Å²) in [5.41, 5.74) is 0. The number of hydrogen-bond donors (Lipinski definition) is 4. The van der Waals surface area contributed by atoms with Crippen molar-refractivity contribution in [3.05, 3.63) is 12.2 Å². The average molecular weight is 493 g/mol. The number of amides is 1. The Labute approximate surface area is 218 Å².